The van der Waals surface area contributed by atoms with Gasteiger partial charge >= 0.3 is 0 Å². The Labute approximate surface area is 174 Å². The van der Waals surface area contributed by atoms with Gasteiger partial charge < -0.3 is 15.0 Å². The highest BCUT2D eigenvalue weighted by atomic mass is 16.5. The number of fused-ring (bicyclic) bond motifs is 1. The molecule has 0 bridgehead atoms. The molecule has 0 unspecified atom stereocenters. The smallest absolute Gasteiger partial charge is 0.291 e. The van der Waals surface area contributed by atoms with Crippen LogP contribution in [0.4, 0.5) is 0 Å². The highest BCUT2D eigenvalue weighted by Gasteiger charge is 2.42. The van der Waals surface area contributed by atoms with Gasteiger partial charge in [0.15, 0.2) is 5.69 Å². The first-order chi connectivity index (χ1) is 14.5. The minimum absolute atomic E-state index is 0.110. The van der Waals surface area contributed by atoms with E-state index in [4.69, 9.17) is 4.74 Å². The summed E-state index contributed by atoms with van der Waals surface area (Å²) < 4.78 is 8.13. The molecule has 5 rings (SSSR count). The number of ether oxygens (including phenoxy) is 1. The first-order valence-electron chi connectivity index (χ1n) is 10.6. The van der Waals surface area contributed by atoms with Crippen molar-refractivity contribution in [3.8, 4) is 0 Å². The van der Waals surface area contributed by atoms with Crippen molar-refractivity contribution in [3.63, 3.8) is 0 Å². The van der Waals surface area contributed by atoms with E-state index in [-0.39, 0.29) is 23.2 Å². The van der Waals surface area contributed by atoms with Crippen LogP contribution in [-0.4, -0.2) is 61.7 Å². The van der Waals surface area contributed by atoms with Gasteiger partial charge in [-0.05, 0) is 37.7 Å². The lowest BCUT2D eigenvalue weighted by Crippen LogP contribution is -2.51. The average Bonchev–Trinajstić information content (AvgIpc) is 3.56. The number of carbonyl (C=O) groups is 2. The molecule has 2 amide bonds. The predicted octanol–water partition coefficient (Wildman–Crippen LogP) is 1.10. The zero-order valence-electron chi connectivity index (χ0n) is 17.1. The second-order valence-corrected chi connectivity index (χ2v) is 8.56. The second kappa shape index (κ2) is 7.46. The van der Waals surface area contributed by atoms with Gasteiger partial charge in [-0.15, -0.1) is 0 Å². The number of amides is 2. The van der Waals surface area contributed by atoms with Crippen LogP contribution in [0.5, 0.6) is 0 Å². The molecule has 158 valence electrons. The lowest BCUT2D eigenvalue weighted by atomic mass is 9.83. The Balaban J connectivity index is 1.26. The molecule has 1 saturated heterocycles. The van der Waals surface area contributed by atoms with Crippen molar-refractivity contribution in [2.75, 3.05) is 19.6 Å². The van der Waals surface area contributed by atoms with E-state index >= 15 is 0 Å². The van der Waals surface area contributed by atoms with Crippen molar-refractivity contribution in [3.05, 3.63) is 41.2 Å². The van der Waals surface area contributed by atoms with E-state index in [1.165, 1.54) is 12.8 Å². The quantitative estimate of drug-likeness (QED) is 0.810. The minimum atomic E-state index is -0.323. The maximum absolute atomic E-state index is 12.6. The van der Waals surface area contributed by atoms with Crippen molar-refractivity contribution in [1.29, 1.82) is 0 Å². The fourth-order valence-electron chi connectivity index (χ4n) is 4.37. The number of aromatic nitrogens is 4. The Morgan fingerprint density at radius 1 is 1.23 bits per heavy atom. The Bertz CT molecular complexity index is 961. The highest BCUT2D eigenvalue weighted by Crippen LogP contribution is 2.37. The molecule has 30 heavy (non-hydrogen) atoms. The number of likely N-dealkylation sites (tertiary alicyclic amines) is 1. The largest absolute Gasteiger partial charge is 0.370 e. The molecule has 1 spiro atoms. The zero-order chi connectivity index (χ0) is 20.7. The summed E-state index contributed by atoms with van der Waals surface area (Å²) >= 11 is 0. The lowest BCUT2D eigenvalue weighted by molar-refractivity contribution is -0.0991. The van der Waals surface area contributed by atoms with Crippen molar-refractivity contribution in [2.45, 2.75) is 44.3 Å². The van der Waals surface area contributed by atoms with E-state index < -0.39 is 0 Å². The molecule has 0 aromatic carbocycles. The Kier molecular flexibility index (Phi) is 4.77. The molecule has 1 saturated carbocycles. The van der Waals surface area contributed by atoms with Gasteiger partial charge in [0, 0.05) is 56.8 Å². The van der Waals surface area contributed by atoms with E-state index in [9.17, 15) is 9.59 Å². The van der Waals surface area contributed by atoms with Crippen molar-refractivity contribution in [2.24, 2.45) is 13.0 Å². The molecular formula is C21H26N6O3. The van der Waals surface area contributed by atoms with Crippen molar-refractivity contribution < 1.29 is 14.3 Å². The topological polar surface area (TPSA) is 102 Å². The summed E-state index contributed by atoms with van der Waals surface area (Å²) in [6.45, 7) is 2.30. The third kappa shape index (κ3) is 3.58. The number of nitrogens with one attached hydrogen (secondary N) is 1. The maximum Gasteiger partial charge on any atom is 0.291 e. The average molecular weight is 410 g/mol. The summed E-state index contributed by atoms with van der Waals surface area (Å²) in [5.74, 6) is 0.606. The van der Waals surface area contributed by atoms with Crippen LogP contribution in [-0.2, 0) is 24.8 Å². The predicted molar refractivity (Wildman–Crippen MR) is 107 cm³/mol. The van der Waals surface area contributed by atoms with E-state index in [0.717, 1.165) is 30.6 Å². The summed E-state index contributed by atoms with van der Waals surface area (Å²) in [6.07, 6.45) is 7.73. The standard InChI is InChI=1S/C21H26N6O3/c1-26-16-11-21(5-9-27(10-6-21)20(29)18-22-7-2-8-23-18)30-13-15(16)17(25-26)19(28)24-12-14-3-4-14/h2,7-8,14H,3-6,9-13H2,1H3,(H,24,28). The van der Waals surface area contributed by atoms with E-state index in [1.807, 2.05) is 11.7 Å². The molecule has 1 N–H and O–H groups in total. The minimum Gasteiger partial charge on any atom is -0.370 e. The fourth-order valence-corrected chi connectivity index (χ4v) is 4.37. The van der Waals surface area contributed by atoms with Gasteiger partial charge in [0.25, 0.3) is 11.8 Å². The lowest BCUT2D eigenvalue weighted by Gasteiger charge is -2.43. The molecule has 0 atom stereocenters. The number of aryl methyl sites for hydroxylation is 1. The summed E-state index contributed by atoms with van der Waals surface area (Å²) in [6, 6.07) is 1.70. The molecule has 2 aromatic rings. The van der Waals surface area contributed by atoms with Crippen LogP contribution in [0.1, 0.15) is 58.0 Å². The number of hydrogen-bond acceptors (Lipinski definition) is 6. The zero-order valence-corrected chi connectivity index (χ0v) is 17.1. The molecule has 1 aliphatic carbocycles. The fraction of sp³-hybridized carbons (Fsp3) is 0.571. The van der Waals surface area contributed by atoms with E-state index in [0.29, 0.717) is 37.7 Å². The summed E-state index contributed by atoms with van der Waals surface area (Å²) in [7, 11) is 1.89. The third-order valence-corrected chi connectivity index (χ3v) is 6.47. The number of piperidine rings is 1. The van der Waals surface area contributed by atoms with Crippen LogP contribution in [0.15, 0.2) is 18.5 Å². The maximum atomic E-state index is 12.6. The first kappa shape index (κ1) is 19.2. The van der Waals surface area contributed by atoms with Gasteiger partial charge in [0.2, 0.25) is 5.82 Å². The van der Waals surface area contributed by atoms with Crippen LogP contribution in [0.2, 0.25) is 0 Å². The normalized spacial score (nSPS) is 20.1. The van der Waals surface area contributed by atoms with Crippen molar-refractivity contribution >= 4 is 11.8 Å². The molecule has 2 aliphatic heterocycles. The van der Waals surface area contributed by atoms with Gasteiger partial charge in [0.1, 0.15) is 0 Å². The van der Waals surface area contributed by atoms with Crippen LogP contribution >= 0.6 is 0 Å². The van der Waals surface area contributed by atoms with Gasteiger partial charge in [-0.3, -0.25) is 14.3 Å². The van der Waals surface area contributed by atoms with Gasteiger partial charge in [0.05, 0.1) is 12.2 Å². The van der Waals surface area contributed by atoms with Gasteiger partial charge in [-0.25, -0.2) is 9.97 Å². The van der Waals surface area contributed by atoms with Crippen LogP contribution in [0, 0.1) is 5.92 Å². The summed E-state index contributed by atoms with van der Waals surface area (Å²) in [5, 5.41) is 7.50. The molecule has 3 aliphatic rings. The Morgan fingerprint density at radius 2 is 1.97 bits per heavy atom. The molecule has 9 heteroatoms. The van der Waals surface area contributed by atoms with Gasteiger partial charge in [-0.1, -0.05) is 0 Å². The molecule has 2 aromatic heterocycles. The Morgan fingerprint density at radius 3 is 2.67 bits per heavy atom. The van der Waals surface area contributed by atoms with Crippen LogP contribution in [0.25, 0.3) is 0 Å². The Hall–Kier alpha value is -2.81. The number of rotatable bonds is 4. The summed E-state index contributed by atoms with van der Waals surface area (Å²) in [5.41, 5.74) is 2.12. The van der Waals surface area contributed by atoms with Crippen molar-refractivity contribution in [1.82, 2.24) is 30.0 Å². The molecule has 4 heterocycles. The molecule has 0 radical (unpaired) electrons. The summed E-state index contributed by atoms with van der Waals surface area (Å²) in [4.78, 5) is 35.1. The monoisotopic (exact) mass is 410 g/mol. The van der Waals surface area contributed by atoms with E-state index in [1.54, 1.807) is 23.4 Å². The molecule has 9 nitrogen and oxygen atoms in total. The van der Waals surface area contributed by atoms with Gasteiger partial charge in [-0.2, -0.15) is 5.10 Å². The number of carbonyl (C=O) groups excluding carboxylic acids is 2. The first-order valence-corrected chi connectivity index (χ1v) is 10.6. The van der Waals surface area contributed by atoms with Crippen LogP contribution < -0.4 is 5.32 Å². The molecule has 2 fully saturated rings. The second-order valence-electron chi connectivity index (χ2n) is 8.56. The number of nitrogens with zero attached hydrogens (tertiary/aromatic N) is 5. The number of hydrogen-bond donors (Lipinski definition) is 1. The van der Waals surface area contributed by atoms with Crippen LogP contribution in [0.3, 0.4) is 0 Å². The third-order valence-electron chi connectivity index (χ3n) is 6.47. The highest BCUT2D eigenvalue weighted by molar-refractivity contribution is 5.94. The molecular weight excluding hydrogens is 384 g/mol. The SMILES string of the molecule is Cn1nc(C(=O)NCC2CC2)c2c1CC1(CCN(C(=O)c3ncccn3)CC1)OC2. The van der Waals surface area contributed by atoms with E-state index in [2.05, 4.69) is 20.4 Å².